The third kappa shape index (κ3) is 5.12. The highest BCUT2D eigenvalue weighted by molar-refractivity contribution is 6.08. The summed E-state index contributed by atoms with van der Waals surface area (Å²) in [7, 11) is 0. The number of para-hydroxylation sites is 2. The fourth-order valence-corrected chi connectivity index (χ4v) is 3.81. The second-order valence-corrected chi connectivity index (χ2v) is 8.31. The molecule has 0 aliphatic rings. The van der Waals surface area contributed by atoms with Crippen LogP contribution in [0.4, 0.5) is 0 Å². The molecule has 0 saturated heterocycles. The number of benzene rings is 2. The number of aromatic amines is 1. The Kier molecular flexibility index (Phi) is 6.48. The minimum absolute atomic E-state index is 0.135. The van der Waals surface area contributed by atoms with Crippen molar-refractivity contribution in [2.75, 3.05) is 0 Å². The van der Waals surface area contributed by atoms with Gasteiger partial charge in [0.1, 0.15) is 11.3 Å². The largest absolute Gasteiger partial charge is 0.438 e. The summed E-state index contributed by atoms with van der Waals surface area (Å²) in [6.45, 7) is 1.92. The first-order chi connectivity index (χ1) is 17.6. The van der Waals surface area contributed by atoms with Crippen molar-refractivity contribution >= 4 is 22.7 Å². The van der Waals surface area contributed by atoms with Gasteiger partial charge in [0, 0.05) is 36.1 Å². The van der Waals surface area contributed by atoms with Crippen LogP contribution in [0.3, 0.4) is 0 Å². The molecule has 0 aliphatic heterocycles. The highest BCUT2D eigenvalue weighted by Gasteiger charge is 2.18. The monoisotopic (exact) mass is 477 g/mol. The fourth-order valence-electron chi connectivity index (χ4n) is 3.81. The average Bonchev–Trinajstić information content (AvgIpc) is 3.34. The number of pyridine rings is 2. The van der Waals surface area contributed by atoms with Gasteiger partial charge < -0.3 is 15.0 Å². The number of rotatable bonds is 8. The van der Waals surface area contributed by atoms with E-state index in [2.05, 4.69) is 25.3 Å². The molecule has 2 aromatic carbocycles. The van der Waals surface area contributed by atoms with E-state index in [4.69, 9.17) is 4.74 Å². The Hall–Kier alpha value is -4.85. The lowest BCUT2D eigenvalue weighted by Crippen LogP contribution is -2.34. The zero-order valence-corrected chi connectivity index (χ0v) is 19.5. The normalized spacial score (nSPS) is 11.7. The lowest BCUT2D eigenvalue weighted by molar-refractivity contribution is 0.0936. The summed E-state index contributed by atoms with van der Waals surface area (Å²) in [6, 6.07) is 23.0. The van der Waals surface area contributed by atoms with Crippen molar-refractivity contribution < 1.29 is 14.3 Å². The number of hydrogen-bond acceptors (Lipinski definition) is 6. The SMILES string of the molecule is C[C@@H](Cc1ccccn1)NC(=O)c1cccnc1Oc1ccc(C(=O)c2nc3ccccc3[nH]2)cc1. The molecular weight excluding hydrogens is 454 g/mol. The van der Waals surface area contributed by atoms with E-state index in [0.717, 1.165) is 16.7 Å². The number of carbonyl (C=O) groups excluding carboxylic acids is 2. The van der Waals surface area contributed by atoms with Crippen molar-refractivity contribution in [2.24, 2.45) is 0 Å². The summed E-state index contributed by atoms with van der Waals surface area (Å²) in [6.07, 6.45) is 3.89. The van der Waals surface area contributed by atoms with E-state index in [1.165, 1.54) is 0 Å². The van der Waals surface area contributed by atoms with Crippen LogP contribution in [0.1, 0.15) is 39.2 Å². The summed E-state index contributed by atoms with van der Waals surface area (Å²) in [5, 5.41) is 2.97. The number of ketones is 1. The summed E-state index contributed by atoms with van der Waals surface area (Å²) >= 11 is 0. The van der Waals surface area contributed by atoms with Crippen LogP contribution in [-0.4, -0.2) is 37.7 Å². The van der Waals surface area contributed by atoms with Gasteiger partial charge in [0.2, 0.25) is 11.7 Å². The number of fused-ring (bicyclic) bond motifs is 1. The minimum Gasteiger partial charge on any atom is -0.438 e. The van der Waals surface area contributed by atoms with Gasteiger partial charge >= 0.3 is 0 Å². The Morgan fingerprint density at radius 1 is 0.917 bits per heavy atom. The van der Waals surface area contributed by atoms with Crippen molar-refractivity contribution in [1.29, 1.82) is 0 Å². The van der Waals surface area contributed by atoms with E-state index in [1.807, 2.05) is 49.4 Å². The number of nitrogens with zero attached hydrogens (tertiary/aromatic N) is 3. The van der Waals surface area contributed by atoms with Gasteiger partial charge in [-0.1, -0.05) is 18.2 Å². The molecular formula is C28H23N5O3. The molecule has 0 fully saturated rings. The van der Waals surface area contributed by atoms with Crippen LogP contribution in [0.5, 0.6) is 11.6 Å². The topological polar surface area (TPSA) is 110 Å². The molecule has 178 valence electrons. The van der Waals surface area contributed by atoms with Crippen molar-refractivity contribution in [3.05, 3.63) is 114 Å². The Morgan fingerprint density at radius 2 is 1.69 bits per heavy atom. The molecule has 36 heavy (non-hydrogen) atoms. The summed E-state index contributed by atoms with van der Waals surface area (Å²) in [5.41, 5.74) is 3.20. The molecule has 0 unspecified atom stereocenters. The van der Waals surface area contributed by atoms with E-state index in [1.54, 1.807) is 48.8 Å². The van der Waals surface area contributed by atoms with Crippen molar-refractivity contribution in [3.63, 3.8) is 0 Å². The molecule has 8 heteroatoms. The van der Waals surface area contributed by atoms with E-state index in [0.29, 0.717) is 23.3 Å². The Balaban J connectivity index is 1.27. The van der Waals surface area contributed by atoms with Gasteiger partial charge in [-0.3, -0.25) is 14.6 Å². The van der Waals surface area contributed by atoms with Gasteiger partial charge in [-0.2, -0.15) is 0 Å². The summed E-state index contributed by atoms with van der Waals surface area (Å²) < 4.78 is 5.90. The van der Waals surface area contributed by atoms with Gasteiger partial charge in [-0.25, -0.2) is 9.97 Å². The average molecular weight is 478 g/mol. The maximum absolute atomic E-state index is 12.9. The number of imidazole rings is 1. The quantitative estimate of drug-likeness (QED) is 0.313. The maximum Gasteiger partial charge on any atom is 0.257 e. The number of ether oxygens (including phenoxy) is 1. The third-order valence-electron chi connectivity index (χ3n) is 5.57. The number of nitrogens with one attached hydrogen (secondary N) is 2. The molecule has 5 aromatic rings. The molecule has 2 N–H and O–H groups in total. The van der Waals surface area contributed by atoms with Crippen LogP contribution in [0, 0.1) is 0 Å². The van der Waals surface area contributed by atoms with Crippen molar-refractivity contribution in [3.8, 4) is 11.6 Å². The minimum atomic E-state index is -0.293. The predicted octanol–water partition coefficient (Wildman–Crippen LogP) is 4.74. The molecule has 0 radical (unpaired) electrons. The molecule has 0 aliphatic carbocycles. The number of aromatic nitrogens is 4. The highest BCUT2D eigenvalue weighted by atomic mass is 16.5. The lowest BCUT2D eigenvalue weighted by Gasteiger charge is -2.15. The summed E-state index contributed by atoms with van der Waals surface area (Å²) in [4.78, 5) is 41.7. The van der Waals surface area contributed by atoms with Crippen LogP contribution in [0.15, 0.2) is 91.3 Å². The Labute approximate surface area is 207 Å². The lowest BCUT2D eigenvalue weighted by atomic mass is 10.1. The maximum atomic E-state index is 12.9. The van der Waals surface area contributed by atoms with Gasteiger partial charge in [-0.15, -0.1) is 0 Å². The standard InChI is InChI=1S/C28H23N5O3/c1-18(17-20-7-4-5-15-29-20)31-27(35)22-8-6-16-30-28(22)36-21-13-11-19(12-14-21)25(34)26-32-23-9-2-3-10-24(23)33-26/h2-16,18H,17H2,1H3,(H,31,35)(H,32,33)/t18-/m0/s1. The van der Waals surface area contributed by atoms with Crippen molar-refractivity contribution in [2.45, 2.75) is 19.4 Å². The van der Waals surface area contributed by atoms with Crippen LogP contribution in [-0.2, 0) is 6.42 Å². The molecule has 1 atom stereocenters. The van der Waals surface area contributed by atoms with Crippen LogP contribution in [0.2, 0.25) is 0 Å². The number of hydrogen-bond donors (Lipinski definition) is 2. The van der Waals surface area contributed by atoms with Crippen LogP contribution in [0.25, 0.3) is 11.0 Å². The van der Waals surface area contributed by atoms with E-state index in [9.17, 15) is 9.59 Å². The third-order valence-corrected chi connectivity index (χ3v) is 5.57. The van der Waals surface area contributed by atoms with Gasteiger partial charge in [0.15, 0.2) is 5.82 Å². The summed E-state index contributed by atoms with van der Waals surface area (Å²) in [5.74, 6) is 0.381. The van der Waals surface area contributed by atoms with Crippen molar-refractivity contribution in [1.82, 2.24) is 25.3 Å². The molecule has 5 rings (SSSR count). The second-order valence-electron chi connectivity index (χ2n) is 8.31. The number of carbonyl (C=O) groups is 2. The zero-order valence-electron chi connectivity index (χ0n) is 19.5. The zero-order chi connectivity index (χ0) is 24.9. The van der Waals surface area contributed by atoms with E-state index < -0.39 is 0 Å². The number of amides is 1. The molecule has 0 saturated carbocycles. The second kappa shape index (κ2) is 10.2. The number of H-pyrrole nitrogens is 1. The molecule has 0 spiro atoms. The van der Waals surface area contributed by atoms with E-state index >= 15 is 0 Å². The van der Waals surface area contributed by atoms with Crippen LogP contribution < -0.4 is 10.1 Å². The van der Waals surface area contributed by atoms with Gasteiger partial charge in [-0.05, 0) is 67.6 Å². The molecule has 3 heterocycles. The smallest absolute Gasteiger partial charge is 0.257 e. The molecule has 1 amide bonds. The first-order valence-electron chi connectivity index (χ1n) is 11.5. The fraction of sp³-hybridized carbons (Fsp3) is 0.107. The first kappa shape index (κ1) is 22.9. The predicted molar refractivity (Wildman–Crippen MR) is 135 cm³/mol. The molecule has 8 nitrogen and oxygen atoms in total. The molecule has 3 aromatic heterocycles. The Bertz CT molecular complexity index is 1480. The Morgan fingerprint density at radius 3 is 2.47 bits per heavy atom. The van der Waals surface area contributed by atoms with Gasteiger partial charge in [0.05, 0.1) is 11.0 Å². The first-order valence-corrected chi connectivity index (χ1v) is 11.5. The van der Waals surface area contributed by atoms with Gasteiger partial charge in [0.25, 0.3) is 5.91 Å². The van der Waals surface area contributed by atoms with Crippen LogP contribution >= 0.6 is 0 Å². The molecule has 0 bridgehead atoms. The highest BCUT2D eigenvalue weighted by Crippen LogP contribution is 2.24. The van der Waals surface area contributed by atoms with E-state index in [-0.39, 0.29) is 29.4 Å².